The standard InChI is InChI=1S/C24H17ClN2O.C4H6N2/c1-3-16-5-4-6-17(13-16)21-15-24(28)27(2)23-12-11-20(14-22(21)23)26-19-9-7-18(25)8-10-19;1-6-3-2-5-4-6/h1,4-15,26H,2H3;2-4H,1H3. The van der Waals surface area contributed by atoms with Crippen LogP contribution >= 0.6 is 11.6 Å². The van der Waals surface area contributed by atoms with E-state index >= 15 is 0 Å². The molecular formula is C28H23ClN4O. The fraction of sp³-hybridized carbons (Fsp3) is 0.0714. The van der Waals surface area contributed by atoms with Gasteiger partial charge in [-0.05, 0) is 65.7 Å². The Morgan fingerprint density at radius 2 is 1.74 bits per heavy atom. The molecule has 0 radical (unpaired) electrons. The first-order valence-corrected chi connectivity index (χ1v) is 11.0. The lowest BCUT2D eigenvalue weighted by Crippen LogP contribution is -2.16. The number of nitrogens with zero attached hydrogens (tertiary/aromatic N) is 3. The number of hydrogen-bond donors (Lipinski definition) is 1. The maximum atomic E-state index is 12.5. The van der Waals surface area contributed by atoms with Gasteiger partial charge in [0.25, 0.3) is 5.56 Å². The molecule has 0 aliphatic heterocycles. The molecule has 2 heterocycles. The SMILES string of the molecule is C#Cc1cccc(-c2cc(=O)n(C)c3ccc(Nc4ccc(Cl)cc4)cc23)c1.Cn1ccnc1. The van der Waals surface area contributed by atoms with Crippen LogP contribution in [-0.2, 0) is 14.1 Å². The fourth-order valence-electron chi connectivity index (χ4n) is 3.58. The summed E-state index contributed by atoms with van der Waals surface area (Å²) in [6, 6.07) is 22.8. The van der Waals surface area contributed by atoms with Crippen molar-refractivity contribution >= 4 is 33.9 Å². The number of anilines is 2. The number of fused-ring (bicyclic) bond motifs is 1. The summed E-state index contributed by atoms with van der Waals surface area (Å²) in [7, 11) is 3.71. The van der Waals surface area contributed by atoms with Gasteiger partial charge < -0.3 is 14.5 Å². The normalized spacial score (nSPS) is 10.3. The highest BCUT2D eigenvalue weighted by Crippen LogP contribution is 2.31. The van der Waals surface area contributed by atoms with Crippen molar-refractivity contribution in [2.45, 2.75) is 0 Å². The van der Waals surface area contributed by atoms with Gasteiger partial charge in [0.2, 0.25) is 0 Å². The summed E-state index contributed by atoms with van der Waals surface area (Å²) in [6.07, 6.45) is 10.9. The van der Waals surface area contributed by atoms with Gasteiger partial charge in [-0.1, -0.05) is 29.7 Å². The first-order chi connectivity index (χ1) is 16.4. The zero-order valence-corrected chi connectivity index (χ0v) is 19.6. The van der Waals surface area contributed by atoms with Crippen molar-refractivity contribution in [1.29, 1.82) is 0 Å². The van der Waals surface area contributed by atoms with Crippen LogP contribution in [0.4, 0.5) is 11.4 Å². The highest BCUT2D eigenvalue weighted by Gasteiger charge is 2.10. The van der Waals surface area contributed by atoms with Gasteiger partial charge in [-0.3, -0.25) is 4.79 Å². The number of rotatable bonds is 3. The summed E-state index contributed by atoms with van der Waals surface area (Å²) < 4.78 is 3.54. The van der Waals surface area contributed by atoms with Crippen LogP contribution in [0.25, 0.3) is 22.0 Å². The molecule has 5 nitrogen and oxygen atoms in total. The number of halogens is 1. The molecular weight excluding hydrogens is 444 g/mol. The molecule has 6 heteroatoms. The van der Waals surface area contributed by atoms with E-state index < -0.39 is 0 Å². The number of imidazole rings is 1. The summed E-state index contributed by atoms with van der Waals surface area (Å²) >= 11 is 5.96. The Labute approximate surface area is 203 Å². The van der Waals surface area contributed by atoms with Crippen LogP contribution < -0.4 is 10.9 Å². The van der Waals surface area contributed by atoms with E-state index in [1.807, 2.05) is 84.5 Å². The van der Waals surface area contributed by atoms with E-state index in [-0.39, 0.29) is 5.56 Å². The molecule has 5 aromatic rings. The van der Waals surface area contributed by atoms with Crippen LogP contribution in [0.1, 0.15) is 5.56 Å². The molecule has 0 amide bonds. The molecule has 2 aromatic heterocycles. The van der Waals surface area contributed by atoms with Crippen molar-refractivity contribution < 1.29 is 0 Å². The molecule has 0 saturated carbocycles. The predicted octanol–water partition coefficient (Wildman–Crippen LogP) is 6.00. The third-order valence-electron chi connectivity index (χ3n) is 5.36. The number of aromatic nitrogens is 3. The fourth-order valence-corrected chi connectivity index (χ4v) is 3.71. The van der Waals surface area contributed by atoms with Crippen molar-refractivity contribution in [3.8, 4) is 23.5 Å². The van der Waals surface area contributed by atoms with Gasteiger partial charge in [0, 0.05) is 59.9 Å². The first kappa shape index (κ1) is 22.9. The number of hydrogen-bond acceptors (Lipinski definition) is 3. The quantitative estimate of drug-likeness (QED) is 0.331. The van der Waals surface area contributed by atoms with Crippen molar-refractivity contribution in [2.24, 2.45) is 14.1 Å². The van der Waals surface area contributed by atoms with E-state index in [0.29, 0.717) is 5.02 Å². The van der Waals surface area contributed by atoms with E-state index in [2.05, 4.69) is 16.2 Å². The van der Waals surface area contributed by atoms with Gasteiger partial charge in [-0.15, -0.1) is 6.42 Å². The van der Waals surface area contributed by atoms with Crippen LogP contribution in [0.3, 0.4) is 0 Å². The van der Waals surface area contributed by atoms with Crippen LogP contribution in [0.15, 0.2) is 96.3 Å². The van der Waals surface area contributed by atoms with Crippen molar-refractivity contribution in [1.82, 2.24) is 14.1 Å². The topological polar surface area (TPSA) is 51.9 Å². The molecule has 3 aromatic carbocycles. The zero-order chi connectivity index (χ0) is 24.1. The minimum Gasteiger partial charge on any atom is -0.356 e. The summed E-state index contributed by atoms with van der Waals surface area (Å²) in [4.78, 5) is 16.3. The summed E-state index contributed by atoms with van der Waals surface area (Å²) in [5, 5.41) is 5.04. The smallest absolute Gasteiger partial charge is 0.251 e. The molecule has 1 N–H and O–H groups in total. The highest BCUT2D eigenvalue weighted by molar-refractivity contribution is 6.30. The second-order valence-electron chi connectivity index (χ2n) is 7.77. The summed E-state index contributed by atoms with van der Waals surface area (Å²) in [6.45, 7) is 0. The molecule has 0 spiro atoms. The van der Waals surface area contributed by atoms with Crippen LogP contribution in [-0.4, -0.2) is 14.1 Å². The van der Waals surface area contributed by atoms with Crippen molar-refractivity contribution in [2.75, 3.05) is 5.32 Å². The lowest BCUT2D eigenvalue weighted by Gasteiger charge is -2.13. The van der Waals surface area contributed by atoms with Crippen LogP contribution in [0, 0.1) is 12.3 Å². The first-order valence-electron chi connectivity index (χ1n) is 10.6. The number of pyridine rings is 1. The molecule has 0 atom stereocenters. The molecule has 5 rings (SSSR count). The number of aryl methyl sites for hydroxylation is 2. The highest BCUT2D eigenvalue weighted by atomic mass is 35.5. The minimum atomic E-state index is -0.0629. The number of terminal acetylenes is 1. The van der Waals surface area contributed by atoms with Crippen LogP contribution in [0.5, 0.6) is 0 Å². The molecule has 0 fully saturated rings. The third kappa shape index (κ3) is 5.20. The Bertz CT molecular complexity index is 1530. The Balaban J connectivity index is 0.000000398. The Hall–Kier alpha value is -4.27. The third-order valence-corrected chi connectivity index (χ3v) is 5.61. The molecule has 34 heavy (non-hydrogen) atoms. The van der Waals surface area contributed by atoms with Crippen LogP contribution in [0.2, 0.25) is 5.02 Å². The lowest BCUT2D eigenvalue weighted by molar-refractivity contribution is 0.907. The maximum Gasteiger partial charge on any atom is 0.251 e. The Kier molecular flexibility index (Phi) is 6.82. The second-order valence-corrected chi connectivity index (χ2v) is 8.21. The Morgan fingerprint density at radius 3 is 2.38 bits per heavy atom. The van der Waals surface area contributed by atoms with Crippen molar-refractivity contribution in [3.63, 3.8) is 0 Å². The molecule has 0 saturated heterocycles. The monoisotopic (exact) mass is 466 g/mol. The molecule has 0 bridgehead atoms. The van der Waals surface area contributed by atoms with E-state index in [1.165, 1.54) is 0 Å². The van der Waals surface area contributed by atoms with E-state index in [9.17, 15) is 4.79 Å². The van der Waals surface area contributed by atoms with Gasteiger partial charge in [0.1, 0.15) is 0 Å². The largest absolute Gasteiger partial charge is 0.356 e. The minimum absolute atomic E-state index is 0.0629. The molecule has 0 unspecified atom stereocenters. The van der Waals surface area contributed by atoms with Gasteiger partial charge in [0.05, 0.1) is 11.8 Å². The number of nitrogens with one attached hydrogen (secondary N) is 1. The predicted molar refractivity (Wildman–Crippen MR) is 141 cm³/mol. The molecule has 168 valence electrons. The second kappa shape index (κ2) is 10.1. The van der Waals surface area contributed by atoms with Gasteiger partial charge in [-0.25, -0.2) is 4.98 Å². The lowest BCUT2D eigenvalue weighted by atomic mass is 9.99. The van der Waals surface area contributed by atoms with E-state index in [4.69, 9.17) is 18.0 Å². The maximum absolute atomic E-state index is 12.5. The average Bonchev–Trinajstić information content (AvgIpc) is 3.34. The molecule has 0 aliphatic rings. The number of benzene rings is 3. The summed E-state index contributed by atoms with van der Waals surface area (Å²) in [5.41, 5.74) is 5.20. The molecule has 0 aliphatic carbocycles. The Morgan fingerprint density at radius 1 is 0.971 bits per heavy atom. The van der Waals surface area contributed by atoms with Gasteiger partial charge >= 0.3 is 0 Å². The van der Waals surface area contributed by atoms with Crippen molar-refractivity contribution in [3.05, 3.63) is 112 Å². The van der Waals surface area contributed by atoms with E-state index in [0.717, 1.165) is 39.0 Å². The van der Waals surface area contributed by atoms with Gasteiger partial charge in [-0.2, -0.15) is 0 Å². The van der Waals surface area contributed by atoms with Gasteiger partial charge in [0.15, 0.2) is 0 Å². The zero-order valence-electron chi connectivity index (χ0n) is 18.9. The average molecular weight is 467 g/mol. The van der Waals surface area contributed by atoms with E-state index in [1.54, 1.807) is 30.2 Å². The summed E-state index contributed by atoms with van der Waals surface area (Å²) in [5.74, 6) is 2.65.